The zero-order valence-corrected chi connectivity index (χ0v) is 13.9. The minimum Gasteiger partial charge on any atom is -0.311 e. The molecule has 2 heterocycles. The van der Waals surface area contributed by atoms with E-state index < -0.39 is 0 Å². The zero-order chi connectivity index (χ0) is 15.6. The Morgan fingerprint density at radius 3 is 2.35 bits per heavy atom. The van der Waals surface area contributed by atoms with E-state index >= 15 is 0 Å². The Morgan fingerprint density at radius 2 is 1.52 bits per heavy atom. The quantitative estimate of drug-likeness (QED) is 0.418. The minimum absolute atomic E-state index is 0.780. The summed E-state index contributed by atoms with van der Waals surface area (Å²) in [5.41, 5.74) is 3.62. The summed E-state index contributed by atoms with van der Waals surface area (Å²) in [6, 6.07) is 26.9. The van der Waals surface area contributed by atoms with Gasteiger partial charge >= 0.3 is 0 Å². The van der Waals surface area contributed by atoms with Crippen molar-refractivity contribution >= 4 is 28.9 Å². The summed E-state index contributed by atoms with van der Waals surface area (Å²) in [7, 11) is 0. The first-order chi connectivity index (χ1) is 11.3. The Balaban J connectivity index is 1.92. The monoisotopic (exact) mass is 335 g/mol. The highest BCUT2D eigenvalue weighted by molar-refractivity contribution is 7.99. The first-order valence-corrected chi connectivity index (χ1v) is 8.60. The number of pyridine rings is 1. The van der Waals surface area contributed by atoms with Gasteiger partial charge in [0.25, 0.3) is 0 Å². The van der Waals surface area contributed by atoms with Crippen LogP contribution in [0.4, 0.5) is 0 Å². The van der Waals surface area contributed by atoms with Crippen LogP contribution in [0.5, 0.6) is 0 Å². The van der Waals surface area contributed by atoms with Crippen LogP contribution in [0.25, 0.3) is 16.6 Å². The number of benzene rings is 2. The second-order valence-electron chi connectivity index (χ2n) is 5.26. The summed E-state index contributed by atoms with van der Waals surface area (Å²) in [4.78, 5) is 1.07. The Bertz CT molecular complexity index is 960. The van der Waals surface area contributed by atoms with Crippen molar-refractivity contribution in [1.29, 1.82) is 0 Å². The number of rotatable bonds is 3. The van der Waals surface area contributed by atoms with Gasteiger partial charge in [-0.2, -0.15) is 0 Å². The van der Waals surface area contributed by atoms with Gasteiger partial charge in [0.2, 0.25) is 0 Å². The van der Waals surface area contributed by atoms with E-state index in [2.05, 4.69) is 65.2 Å². The molecule has 4 aromatic rings. The van der Waals surface area contributed by atoms with Crippen LogP contribution in [-0.2, 0) is 0 Å². The van der Waals surface area contributed by atoms with Crippen molar-refractivity contribution < 1.29 is 0 Å². The molecule has 0 saturated carbocycles. The molecule has 0 amide bonds. The van der Waals surface area contributed by atoms with Crippen LogP contribution in [-0.4, -0.2) is 4.40 Å². The van der Waals surface area contributed by atoms with Gasteiger partial charge in [0.05, 0.1) is 10.0 Å². The predicted molar refractivity (Wildman–Crippen MR) is 98.4 cm³/mol. The van der Waals surface area contributed by atoms with E-state index in [1.165, 1.54) is 21.7 Å². The second kappa shape index (κ2) is 6.15. The summed E-state index contributed by atoms with van der Waals surface area (Å²) in [5, 5.41) is 1.96. The summed E-state index contributed by atoms with van der Waals surface area (Å²) in [6.07, 6.45) is 2.10. The third-order valence-corrected chi connectivity index (χ3v) is 5.39. The maximum Gasteiger partial charge on any atom is 0.0922 e. The summed E-state index contributed by atoms with van der Waals surface area (Å²) >= 11 is 8.06. The third-order valence-electron chi connectivity index (χ3n) is 3.76. The number of fused-ring (bicyclic) bond motifs is 1. The van der Waals surface area contributed by atoms with E-state index in [-0.39, 0.29) is 0 Å². The number of nitrogens with zero attached hydrogens (tertiary/aromatic N) is 1. The summed E-state index contributed by atoms with van der Waals surface area (Å²) in [5.74, 6) is 0. The van der Waals surface area contributed by atoms with Gasteiger partial charge in [-0.3, -0.25) is 0 Å². The first kappa shape index (κ1) is 14.4. The standard InChI is InChI=1S/C20H14ClNS/c21-18-11-4-5-12-19(18)23-20-17(15-8-2-1-3-9-15)14-16-10-6-7-13-22(16)20/h1-14H. The van der Waals surface area contributed by atoms with Gasteiger partial charge in [0.1, 0.15) is 0 Å². The highest BCUT2D eigenvalue weighted by atomic mass is 35.5. The molecule has 0 spiro atoms. The average Bonchev–Trinajstić information content (AvgIpc) is 2.96. The molecule has 0 N–H and O–H groups in total. The lowest BCUT2D eigenvalue weighted by Gasteiger charge is -2.08. The molecule has 2 aromatic carbocycles. The van der Waals surface area contributed by atoms with Gasteiger partial charge in [-0.05, 0) is 35.9 Å². The van der Waals surface area contributed by atoms with Crippen LogP contribution >= 0.6 is 23.4 Å². The van der Waals surface area contributed by atoms with Gasteiger partial charge in [-0.15, -0.1) is 0 Å². The average molecular weight is 336 g/mol. The zero-order valence-electron chi connectivity index (χ0n) is 12.3. The Kier molecular flexibility index (Phi) is 3.86. The van der Waals surface area contributed by atoms with Gasteiger partial charge in [-0.1, -0.05) is 71.9 Å². The summed E-state index contributed by atoms with van der Waals surface area (Å²) in [6.45, 7) is 0. The number of aromatic nitrogens is 1. The molecule has 1 nitrogen and oxygen atoms in total. The van der Waals surface area contributed by atoms with Gasteiger partial charge in [-0.25, -0.2) is 0 Å². The molecule has 112 valence electrons. The van der Waals surface area contributed by atoms with E-state index in [1.807, 2.05) is 24.3 Å². The normalized spacial score (nSPS) is 11.0. The van der Waals surface area contributed by atoms with Crippen molar-refractivity contribution in [3.8, 4) is 11.1 Å². The number of halogens is 1. The van der Waals surface area contributed by atoms with Gasteiger partial charge in [0, 0.05) is 22.2 Å². The molecule has 0 unspecified atom stereocenters. The molecule has 0 fully saturated rings. The van der Waals surface area contributed by atoms with Crippen LogP contribution in [0.2, 0.25) is 5.02 Å². The molecule has 4 rings (SSSR count). The van der Waals surface area contributed by atoms with Gasteiger partial charge in [0.15, 0.2) is 0 Å². The topological polar surface area (TPSA) is 4.41 Å². The smallest absolute Gasteiger partial charge is 0.0922 e. The fourth-order valence-corrected chi connectivity index (χ4v) is 3.98. The predicted octanol–water partition coefficient (Wildman–Crippen LogP) is 6.41. The Labute approximate surface area is 144 Å². The van der Waals surface area contributed by atoms with Crippen molar-refractivity contribution in [2.24, 2.45) is 0 Å². The summed E-state index contributed by atoms with van der Waals surface area (Å²) < 4.78 is 2.22. The maximum absolute atomic E-state index is 6.36. The molecule has 0 atom stereocenters. The molecular formula is C20H14ClNS. The van der Waals surface area contributed by atoms with Gasteiger partial charge < -0.3 is 4.40 Å². The van der Waals surface area contributed by atoms with Crippen LogP contribution in [0.15, 0.2) is 95.0 Å². The molecular weight excluding hydrogens is 322 g/mol. The fourth-order valence-electron chi connectivity index (χ4n) is 2.66. The van der Waals surface area contributed by atoms with Crippen molar-refractivity contribution in [3.63, 3.8) is 0 Å². The van der Waals surface area contributed by atoms with Crippen molar-refractivity contribution in [2.45, 2.75) is 9.92 Å². The molecule has 0 aliphatic rings. The molecule has 0 aliphatic heterocycles. The van der Waals surface area contributed by atoms with E-state index in [9.17, 15) is 0 Å². The Hall–Kier alpha value is -2.16. The lowest BCUT2D eigenvalue weighted by molar-refractivity contribution is 1.05. The molecule has 0 radical (unpaired) electrons. The molecule has 3 heteroatoms. The molecule has 2 aromatic heterocycles. The van der Waals surface area contributed by atoms with E-state index in [1.54, 1.807) is 11.8 Å². The fraction of sp³-hybridized carbons (Fsp3) is 0. The van der Waals surface area contributed by atoms with E-state index in [0.29, 0.717) is 0 Å². The van der Waals surface area contributed by atoms with Crippen LogP contribution < -0.4 is 0 Å². The lowest BCUT2D eigenvalue weighted by atomic mass is 10.1. The SMILES string of the molecule is Clc1ccccc1Sc1c(-c2ccccc2)cc2ccccn12. The maximum atomic E-state index is 6.36. The third kappa shape index (κ3) is 2.76. The second-order valence-corrected chi connectivity index (χ2v) is 6.70. The van der Waals surface area contributed by atoms with Crippen molar-refractivity contribution in [2.75, 3.05) is 0 Å². The lowest BCUT2D eigenvalue weighted by Crippen LogP contribution is -1.87. The number of hydrogen-bond acceptors (Lipinski definition) is 1. The van der Waals surface area contributed by atoms with Crippen LogP contribution in [0.3, 0.4) is 0 Å². The molecule has 0 bridgehead atoms. The number of hydrogen-bond donors (Lipinski definition) is 0. The van der Waals surface area contributed by atoms with E-state index in [0.717, 1.165) is 9.92 Å². The minimum atomic E-state index is 0.780. The Morgan fingerprint density at radius 1 is 0.783 bits per heavy atom. The highest BCUT2D eigenvalue weighted by Gasteiger charge is 2.14. The molecule has 0 aliphatic carbocycles. The van der Waals surface area contributed by atoms with Crippen LogP contribution in [0.1, 0.15) is 0 Å². The van der Waals surface area contributed by atoms with Crippen molar-refractivity contribution in [1.82, 2.24) is 4.40 Å². The first-order valence-electron chi connectivity index (χ1n) is 7.41. The largest absolute Gasteiger partial charge is 0.311 e. The highest BCUT2D eigenvalue weighted by Crippen LogP contribution is 2.40. The van der Waals surface area contributed by atoms with Crippen LogP contribution in [0, 0.1) is 0 Å². The molecule has 0 saturated heterocycles. The molecule has 23 heavy (non-hydrogen) atoms. The van der Waals surface area contributed by atoms with Crippen molar-refractivity contribution in [3.05, 3.63) is 90.1 Å². The van der Waals surface area contributed by atoms with E-state index in [4.69, 9.17) is 11.6 Å².